The third-order valence-corrected chi connectivity index (χ3v) is 4.85. The third-order valence-electron chi connectivity index (χ3n) is 3.92. The molecule has 1 unspecified atom stereocenters. The molecule has 1 aromatic carbocycles. The van der Waals surface area contributed by atoms with Gasteiger partial charge in [0.25, 0.3) is 0 Å². The minimum Gasteiger partial charge on any atom is -0.397 e. The zero-order chi connectivity index (χ0) is 14.8. The van der Waals surface area contributed by atoms with Gasteiger partial charge in [-0.05, 0) is 38.3 Å². The zero-order valence-electron chi connectivity index (χ0n) is 12.8. The first-order valence-corrected chi connectivity index (χ1v) is 8.52. The van der Waals surface area contributed by atoms with E-state index in [1.54, 1.807) is 11.3 Å². The molecule has 1 fully saturated rings. The van der Waals surface area contributed by atoms with Gasteiger partial charge in [0.1, 0.15) is 0 Å². The smallest absolute Gasteiger partial charge is 0.0907 e. The van der Waals surface area contributed by atoms with E-state index in [1.807, 2.05) is 6.92 Å². The molecule has 0 bridgehead atoms. The number of aryl methyl sites for hydroxylation is 1. The second kappa shape index (κ2) is 6.20. The van der Waals surface area contributed by atoms with Gasteiger partial charge in [-0.25, -0.2) is 4.98 Å². The van der Waals surface area contributed by atoms with E-state index >= 15 is 0 Å². The molecule has 1 saturated heterocycles. The first-order valence-electron chi connectivity index (χ1n) is 7.70. The molecule has 3 rings (SSSR count). The first kappa shape index (κ1) is 14.6. The summed E-state index contributed by atoms with van der Waals surface area (Å²) in [5, 5.41) is 1.09. The van der Waals surface area contributed by atoms with Crippen LogP contribution in [0.4, 0.5) is 11.4 Å². The van der Waals surface area contributed by atoms with Gasteiger partial charge < -0.3 is 15.4 Å². The van der Waals surface area contributed by atoms with Crippen LogP contribution < -0.4 is 10.6 Å². The van der Waals surface area contributed by atoms with Crippen LogP contribution in [0.2, 0.25) is 0 Å². The van der Waals surface area contributed by atoms with E-state index in [4.69, 9.17) is 10.5 Å². The van der Waals surface area contributed by atoms with Crippen LogP contribution in [-0.4, -0.2) is 30.8 Å². The van der Waals surface area contributed by atoms with Crippen molar-refractivity contribution in [2.45, 2.75) is 39.2 Å². The Labute approximate surface area is 129 Å². The fourth-order valence-corrected chi connectivity index (χ4v) is 3.80. The zero-order valence-corrected chi connectivity index (χ0v) is 13.6. The lowest BCUT2D eigenvalue weighted by Gasteiger charge is -2.35. The number of aromatic nitrogens is 1. The van der Waals surface area contributed by atoms with E-state index in [-0.39, 0.29) is 0 Å². The lowest BCUT2D eigenvalue weighted by molar-refractivity contribution is 0.0441. The Balaban J connectivity index is 1.83. The van der Waals surface area contributed by atoms with Crippen molar-refractivity contribution in [2.24, 2.45) is 0 Å². The number of nitrogens with two attached hydrogens (primary N) is 1. The molecule has 0 amide bonds. The molecule has 1 aromatic heterocycles. The number of thiazole rings is 1. The van der Waals surface area contributed by atoms with E-state index in [0.29, 0.717) is 6.10 Å². The summed E-state index contributed by atoms with van der Waals surface area (Å²) in [5.74, 6) is 0. The summed E-state index contributed by atoms with van der Waals surface area (Å²) in [6, 6.07) is 4.20. The molecular formula is C16H23N3OS. The average molecular weight is 305 g/mol. The molecule has 114 valence electrons. The van der Waals surface area contributed by atoms with Crippen molar-refractivity contribution >= 4 is 32.9 Å². The van der Waals surface area contributed by atoms with E-state index in [2.05, 4.69) is 28.9 Å². The van der Waals surface area contributed by atoms with E-state index < -0.39 is 0 Å². The molecule has 2 aromatic rings. The van der Waals surface area contributed by atoms with Crippen LogP contribution in [0.25, 0.3) is 10.2 Å². The normalized spacial score (nSPS) is 19.3. The molecule has 0 spiro atoms. The minimum atomic E-state index is 0.325. The molecule has 2 N–H and O–H groups in total. The van der Waals surface area contributed by atoms with Gasteiger partial charge in [0.05, 0.1) is 32.7 Å². The molecule has 4 nitrogen and oxygen atoms in total. The lowest BCUT2D eigenvalue weighted by Crippen LogP contribution is -2.40. The topological polar surface area (TPSA) is 51.4 Å². The second-order valence-electron chi connectivity index (χ2n) is 5.69. The first-order chi connectivity index (χ1) is 10.2. The van der Waals surface area contributed by atoms with Crippen molar-refractivity contribution in [3.8, 4) is 0 Å². The SMILES string of the molecule is CCCOC1CCCN(c2cc3nc(C)sc3cc2N)C1. The molecule has 0 radical (unpaired) electrons. The number of fused-ring (bicyclic) bond motifs is 1. The van der Waals surface area contributed by atoms with E-state index in [1.165, 1.54) is 4.70 Å². The monoisotopic (exact) mass is 305 g/mol. The van der Waals surface area contributed by atoms with Crippen LogP contribution in [0.5, 0.6) is 0 Å². The summed E-state index contributed by atoms with van der Waals surface area (Å²) in [6.07, 6.45) is 3.70. The number of rotatable bonds is 4. The summed E-state index contributed by atoms with van der Waals surface area (Å²) in [6.45, 7) is 7.01. The maximum absolute atomic E-state index is 6.27. The fourth-order valence-electron chi connectivity index (χ4n) is 2.95. The highest BCUT2D eigenvalue weighted by Gasteiger charge is 2.22. The molecule has 5 heteroatoms. The van der Waals surface area contributed by atoms with Gasteiger partial charge in [0.15, 0.2) is 0 Å². The van der Waals surface area contributed by atoms with Gasteiger partial charge in [-0.3, -0.25) is 0 Å². The largest absolute Gasteiger partial charge is 0.397 e. The summed E-state index contributed by atoms with van der Waals surface area (Å²) >= 11 is 1.70. The molecule has 1 aliphatic rings. The van der Waals surface area contributed by atoms with Gasteiger partial charge in [0.2, 0.25) is 0 Å². The van der Waals surface area contributed by atoms with Crippen molar-refractivity contribution in [3.63, 3.8) is 0 Å². The fraction of sp³-hybridized carbons (Fsp3) is 0.562. The van der Waals surface area contributed by atoms with Crippen molar-refractivity contribution in [2.75, 3.05) is 30.3 Å². The molecule has 0 saturated carbocycles. The standard InChI is InChI=1S/C16H23N3OS/c1-3-7-20-12-5-4-6-19(10-12)15-9-14-16(8-13(15)17)21-11(2)18-14/h8-9,12H,3-7,10,17H2,1-2H3. The highest BCUT2D eigenvalue weighted by molar-refractivity contribution is 7.18. The Morgan fingerprint density at radius 2 is 2.33 bits per heavy atom. The molecule has 1 aliphatic heterocycles. The number of hydrogen-bond donors (Lipinski definition) is 1. The molecular weight excluding hydrogens is 282 g/mol. The second-order valence-corrected chi connectivity index (χ2v) is 6.93. The number of piperidine rings is 1. The maximum Gasteiger partial charge on any atom is 0.0907 e. The van der Waals surface area contributed by atoms with Gasteiger partial charge in [-0.1, -0.05) is 6.92 Å². The quantitative estimate of drug-likeness (QED) is 0.877. The van der Waals surface area contributed by atoms with Crippen LogP contribution >= 0.6 is 11.3 Å². The van der Waals surface area contributed by atoms with Crippen LogP contribution in [0.3, 0.4) is 0 Å². The minimum absolute atomic E-state index is 0.325. The number of ether oxygens (including phenoxy) is 1. The summed E-state index contributed by atoms with van der Waals surface area (Å²) < 4.78 is 7.09. The van der Waals surface area contributed by atoms with Crippen LogP contribution in [0.15, 0.2) is 12.1 Å². The number of nitrogen functional groups attached to an aromatic ring is 1. The van der Waals surface area contributed by atoms with Gasteiger partial charge in [-0.2, -0.15) is 0 Å². The lowest BCUT2D eigenvalue weighted by atomic mass is 10.1. The molecule has 0 aliphatic carbocycles. The molecule has 21 heavy (non-hydrogen) atoms. The van der Waals surface area contributed by atoms with Crippen molar-refractivity contribution in [3.05, 3.63) is 17.1 Å². The predicted molar refractivity (Wildman–Crippen MR) is 90.2 cm³/mol. The molecule has 1 atom stereocenters. The Morgan fingerprint density at radius 1 is 1.48 bits per heavy atom. The van der Waals surface area contributed by atoms with Crippen LogP contribution in [0.1, 0.15) is 31.2 Å². The number of hydrogen-bond acceptors (Lipinski definition) is 5. The highest BCUT2D eigenvalue weighted by Crippen LogP contribution is 2.33. The third kappa shape index (κ3) is 3.14. The maximum atomic E-state index is 6.27. The van der Waals surface area contributed by atoms with Gasteiger partial charge >= 0.3 is 0 Å². The average Bonchev–Trinajstić information content (AvgIpc) is 2.83. The van der Waals surface area contributed by atoms with Crippen LogP contribution in [-0.2, 0) is 4.74 Å². The number of nitrogens with zero attached hydrogens (tertiary/aromatic N) is 2. The Morgan fingerprint density at radius 3 is 3.14 bits per heavy atom. The summed E-state index contributed by atoms with van der Waals surface area (Å²) in [7, 11) is 0. The Bertz CT molecular complexity index is 625. The van der Waals surface area contributed by atoms with Gasteiger partial charge in [0, 0.05) is 19.7 Å². The van der Waals surface area contributed by atoms with Crippen molar-refractivity contribution in [1.29, 1.82) is 0 Å². The number of benzene rings is 1. The van der Waals surface area contributed by atoms with E-state index in [9.17, 15) is 0 Å². The Kier molecular flexibility index (Phi) is 4.31. The van der Waals surface area contributed by atoms with Crippen molar-refractivity contribution in [1.82, 2.24) is 4.98 Å². The molecule has 2 heterocycles. The predicted octanol–water partition coefficient (Wildman–Crippen LogP) is 3.58. The van der Waals surface area contributed by atoms with Crippen LogP contribution in [0, 0.1) is 6.92 Å². The Hall–Kier alpha value is -1.33. The van der Waals surface area contributed by atoms with E-state index in [0.717, 1.165) is 60.9 Å². The number of anilines is 2. The summed E-state index contributed by atoms with van der Waals surface area (Å²) in [5.41, 5.74) is 9.28. The van der Waals surface area contributed by atoms with Crippen molar-refractivity contribution < 1.29 is 4.74 Å². The highest BCUT2D eigenvalue weighted by atomic mass is 32.1. The summed E-state index contributed by atoms with van der Waals surface area (Å²) in [4.78, 5) is 6.94. The van der Waals surface area contributed by atoms with Gasteiger partial charge in [-0.15, -0.1) is 11.3 Å².